The van der Waals surface area contributed by atoms with E-state index in [-0.39, 0.29) is 6.42 Å². The summed E-state index contributed by atoms with van der Waals surface area (Å²) in [6, 6.07) is 16.4. The number of carbonyl (C=O) groups excluding carboxylic acids is 3. The largest absolute Gasteiger partial charge is 0.468 e. The first-order valence-electron chi connectivity index (χ1n) is 10.6. The molecule has 6 nitrogen and oxygen atoms in total. The Kier molecular flexibility index (Phi) is 7.46. The third-order valence-corrected chi connectivity index (χ3v) is 5.92. The number of benzene rings is 2. The zero-order chi connectivity index (χ0) is 23.1. The van der Waals surface area contributed by atoms with Gasteiger partial charge in [0.15, 0.2) is 5.41 Å². The van der Waals surface area contributed by atoms with Gasteiger partial charge in [-0.2, -0.15) is 0 Å². The predicted octanol–water partition coefficient (Wildman–Crippen LogP) is 4.06. The average molecular weight is 437 g/mol. The van der Waals surface area contributed by atoms with Crippen LogP contribution in [-0.2, 0) is 30.2 Å². The molecule has 6 heteroatoms. The van der Waals surface area contributed by atoms with E-state index in [1.165, 1.54) is 14.2 Å². The van der Waals surface area contributed by atoms with Crippen molar-refractivity contribution < 1.29 is 28.6 Å². The summed E-state index contributed by atoms with van der Waals surface area (Å²) >= 11 is 0. The van der Waals surface area contributed by atoms with Crippen molar-refractivity contribution in [3.05, 3.63) is 83.4 Å². The summed E-state index contributed by atoms with van der Waals surface area (Å²) in [7, 11) is 2.54. The predicted molar refractivity (Wildman–Crippen MR) is 119 cm³/mol. The second-order valence-corrected chi connectivity index (χ2v) is 8.00. The van der Waals surface area contributed by atoms with Crippen LogP contribution in [0.4, 0.5) is 0 Å². The summed E-state index contributed by atoms with van der Waals surface area (Å²) < 4.78 is 15.7. The van der Waals surface area contributed by atoms with Gasteiger partial charge in [-0.15, -0.1) is 0 Å². The molecular formula is C26H28O6. The Labute approximate surface area is 188 Å². The van der Waals surface area contributed by atoms with Gasteiger partial charge in [-0.25, -0.2) is 4.79 Å². The Morgan fingerprint density at radius 2 is 1.50 bits per heavy atom. The van der Waals surface area contributed by atoms with Crippen LogP contribution in [0.15, 0.2) is 66.7 Å². The van der Waals surface area contributed by atoms with Crippen LogP contribution in [-0.4, -0.2) is 38.2 Å². The van der Waals surface area contributed by atoms with Gasteiger partial charge in [0.25, 0.3) is 0 Å². The lowest BCUT2D eigenvalue weighted by molar-refractivity contribution is -0.173. The summed E-state index contributed by atoms with van der Waals surface area (Å²) in [6.07, 6.45) is 4.16. The Balaban J connectivity index is 1.85. The van der Waals surface area contributed by atoms with Crippen LogP contribution in [0.5, 0.6) is 0 Å². The Bertz CT molecular complexity index is 961. The van der Waals surface area contributed by atoms with E-state index in [0.717, 1.165) is 11.1 Å². The van der Waals surface area contributed by atoms with E-state index >= 15 is 0 Å². The van der Waals surface area contributed by atoms with Gasteiger partial charge in [-0.05, 0) is 50.0 Å². The van der Waals surface area contributed by atoms with Gasteiger partial charge < -0.3 is 14.2 Å². The summed E-state index contributed by atoms with van der Waals surface area (Å²) in [5.74, 6) is -2.15. The molecule has 32 heavy (non-hydrogen) atoms. The van der Waals surface area contributed by atoms with Gasteiger partial charge in [0, 0.05) is 5.92 Å². The quantitative estimate of drug-likeness (QED) is 0.282. The first kappa shape index (κ1) is 23.3. The van der Waals surface area contributed by atoms with Crippen molar-refractivity contribution in [3.8, 4) is 0 Å². The van der Waals surface area contributed by atoms with Crippen LogP contribution in [0.3, 0.4) is 0 Å². The maximum atomic E-state index is 13.0. The highest BCUT2D eigenvalue weighted by atomic mass is 16.5. The minimum Gasteiger partial charge on any atom is -0.468 e. The highest BCUT2D eigenvalue weighted by Gasteiger charge is 2.54. The van der Waals surface area contributed by atoms with E-state index in [1.54, 1.807) is 36.4 Å². The molecule has 0 unspecified atom stereocenters. The Hall–Kier alpha value is -3.41. The van der Waals surface area contributed by atoms with Crippen LogP contribution in [0.25, 0.3) is 0 Å². The molecule has 0 spiro atoms. The number of rotatable bonds is 7. The van der Waals surface area contributed by atoms with Crippen LogP contribution in [0.2, 0.25) is 0 Å². The van der Waals surface area contributed by atoms with Crippen molar-refractivity contribution in [1.29, 1.82) is 0 Å². The van der Waals surface area contributed by atoms with Crippen molar-refractivity contribution >= 4 is 17.9 Å². The van der Waals surface area contributed by atoms with Gasteiger partial charge in [-0.1, -0.05) is 54.1 Å². The van der Waals surface area contributed by atoms with Crippen LogP contribution >= 0.6 is 0 Å². The van der Waals surface area contributed by atoms with Gasteiger partial charge in [-0.3, -0.25) is 9.59 Å². The van der Waals surface area contributed by atoms with Crippen molar-refractivity contribution in [2.45, 2.75) is 32.3 Å². The maximum absolute atomic E-state index is 13.0. The lowest BCUT2D eigenvalue weighted by atomic mass is 9.67. The standard InChI is InChI=1S/C26H28O6/c1-18-9-11-19(12-10-18)17-26(24(28)30-2,25(29)31-3)21-13-15-22(16-14-21)32-23(27)20-7-5-4-6-8-20/h4-13,15,21-22H,14,16-17H2,1-3H3/t21-,22+/m1/s1. The fourth-order valence-corrected chi connectivity index (χ4v) is 4.14. The van der Waals surface area contributed by atoms with Crippen molar-refractivity contribution in [1.82, 2.24) is 0 Å². The molecule has 2 aromatic rings. The highest BCUT2D eigenvalue weighted by molar-refractivity contribution is 6.01. The Morgan fingerprint density at radius 1 is 0.875 bits per heavy atom. The second-order valence-electron chi connectivity index (χ2n) is 8.00. The molecule has 2 atom stereocenters. The number of hydrogen-bond donors (Lipinski definition) is 0. The van der Waals surface area contributed by atoms with Gasteiger partial charge in [0.05, 0.1) is 19.8 Å². The number of esters is 3. The molecule has 0 radical (unpaired) electrons. The first-order chi connectivity index (χ1) is 15.4. The molecule has 0 aromatic heterocycles. The highest BCUT2D eigenvalue weighted by Crippen LogP contribution is 2.41. The third kappa shape index (κ3) is 4.90. The third-order valence-electron chi connectivity index (χ3n) is 5.92. The molecule has 0 amide bonds. The fraction of sp³-hybridized carbons (Fsp3) is 0.346. The smallest absolute Gasteiger partial charge is 0.338 e. The molecule has 0 saturated heterocycles. The molecule has 0 aliphatic heterocycles. The monoisotopic (exact) mass is 436 g/mol. The van der Waals surface area contributed by atoms with Gasteiger partial charge in [0.2, 0.25) is 0 Å². The molecule has 2 aromatic carbocycles. The second kappa shape index (κ2) is 10.3. The zero-order valence-corrected chi connectivity index (χ0v) is 18.6. The van der Waals surface area contributed by atoms with E-state index < -0.39 is 35.3 Å². The molecule has 0 saturated carbocycles. The Morgan fingerprint density at radius 3 is 2.03 bits per heavy atom. The lowest BCUT2D eigenvalue weighted by Crippen LogP contribution is -2.49. The number of allylic oxidation sites excluding steroid dienone is 1. The average Bonchev–Trinajstić information content (AvgIpc) is 2.84. The number of ether oxygens (including phenoxy) is 3. The van der Waals surface area contributed by atoms with E-state index in [0.29, 0.717) is 18.4 Å². The molecule has 1 aliphatic rings. The molecule has 0 fully saturated rings. The minimum absolute atomic E-state index is 0.149. The summed E-state index contributed by atoms with van der Waals surface area (Å²) in [6.45, 7) is 1.97. The molecule has 0 N–H and O–H groups in total. The summed E-state index contributed by atoms with van der Waals surface area (Å²) in [5, 5.41) is 0. The first-order valence-corrected chi connectivity index (χ1v) is 10.6. The maximum Gasteiger partial charge on any atom is 0.338 e. The molecule has 168 valence electrons. The number of hydrogen-bond acceptors (Lipinski definition) is 6. The lowest BCUT2D eigenvalue weighted by Gasteiger charge is -2.36. The van der Waals surface area contributed by atoms with Crippen molar-refractivity contribution in [2.24, 2.45) is 11.3 Å². The van der Waals surface area contributed by atoms with Gasteiger partial charge >= 0.3 is 17.9 Å². The molecule has 0 heterocycles. The zero-order valence-electron chi connectivity index (χ0n) is 18.6. The van der Waals surface area contributed by atoms with Crippen LogP contribution < -0.4 is 0 Å². The van der Waals surface area contributed by atoms with E-state index in [9.17, 15) is 14.4 Å². The normalized spacial score (nSPS) is 18.0. The van der Waals surface area contributed by atoms with Gasteiger partial charge in [0.1, 0.15) is 6.10 Å². The van der Waals surface area contributed by atoms with E-state index in [1.807, 2.05) is 37.3 Å². The molecular weight excluding hydrogens is 408 g/mol. The number of aryl methyl sites for hydroxylation is 1. The molecule has 1 aliphatic carbocycles. The molecule has 3 rings (SSSR count). The number of carbonyl (C=O) groups is 3. The minimum atomic E-state index is -1.52. The van der Waals surface area contributed by atoms with Crippen LogP contribution in [0, 0.1) is 18.3 Å². The fourth-order valence-electron chi connectivity index (χ4n) is 4.14. The molecule has 0 bridgehead atoms. The SMILES string of the molecule is COC(=O)C(Cc1ccc(C)cc1)(C(=O)OC)[C@@H]1C=C[C@H](OC(=O)c2ccccc2)CC1. The topological polar surface area (TPSA) is 78.9 Å². The van der Waals surface area contributed by atoms with Crippen LogP contribution in [0.1, 0.15) is 34.3 Å². The summed E-state index contributed by atoms with van der Waals surface area (Å²) in [5.41, 5.74) is 0.860. The summed E-state index contributed by atoms with van der Waals surface area (Å²) in [4.78, 5) is 38.4. The van der Waals surface area contributed by atoms with E-state index in [2.05, 4.69) is 0 Å². The van der Waals surface area contributed by atoms with E-state index in [4.69, 9.17) is 14.2 Å². The van der Waals surface area contributed by atoms with Crippen molar-refractivity contribution in [3.63, 3.8) is 0 Å². The van der Waals surface area contributed by atoms with Crippen molar-refractivity contribution in [2.75, 3.05) is 14.2 Å². The number of methoxy groups -OCH3 is 2.